The molecule has 0 spiro atoms. The topological polar surface area (TPSA) is 75.1 Å². The molecule has 0 saturated heterocycles. The van der Waals surface area contributed by atoms with Crippen LogP contribution in [0.15, 0.2) is 46.1 Å². The molecule has 1 heterocycles. The minimum absolute atomic E-state index is 0. The van der Waals surface area contributed by atoms with Crippen LogP contribution in [-0.4, -0.2) is 44.5 Å². The number of thiophene rings is 1. The predicted octanol–water partition coefficient (Wildman–Crippen LogP) is 3.35. The third-order valence-electron chi connectivity index (χ3n) is 3.96. The van der Waals surface area contributed by atoms with Gasteiger partial charge in [-0.25, -0.2) is 4.99 Å². The molecule has 0 aliphatic rings. The van der Waals surface area contributed by atoms with Crippen LogP contribution in [0, 0.1) is 0 Å². The molecular weight excluding hydrogens is 489 g/mol. The Bertz CT molecular complexity index is 708. The number of rotatable bonds is 10. The molecule has 1 aromatic heterocycles. The van der Waals surface area contributed by atoms with Crippen molar-refractivity contribution in [3.8, 4) is 5.75 Å². The summed E-state index contributed by atoms with van der Waals surface area (Å²) in [4.78, 5) is 4.61. The molecular formula is C20H30IN3O3S. The van der Waals surface area contributed by atoms with E-state index in [4.69, 9.17) is 9.47 Å². The third kappa shape index (κ3) is 8.34. The number of hydrogen-bond donors (Lipinski definition) is 3. The zero-order valence-corrected chi connectivity index (χ0v) is 19.8. The standard InChI is InChI=1S/C20H29N3O3S.HI/c1-4-21-19(23-15-20(2,24)17-8-11-27-14-17)22-13-16-6-5-7-18(12-16)26-10-9-25-3;/h5-8,11-12,14,24H,4,9-10,13,15H2,1-3H3,(H2,21,22,23);1H. The lowest BCUT2D eigenvalue weighted by molar-refractivity contribution is 0.0621. The van der Waals surface area contributed by atoms with Crippen molar-refractivity contribution in [2.45, 2.75) is 26.0 Å². The number of nitrogens with zero attached hydrogens (tertiary/aromatic N) is 1. The molecule has 8 heteroatoms. The number of aliphatic imine (C=N–C) groups is 1. The molecule has 0 radical (unpaired) electrons. The van der Waals surface area contributed by atoms with E-state index in [-0.39, 0.29) is 24.0 Å². The molecule has 1 aromatic carbocycles. The van der Waals surface area contributed by atoms with Gasteiger partial charge in [-0.1, -0.05) is 12.1 Å². The summed E-state index contributed by atoms with van der Waals surface area (Å²) in [6.45, 7) is 6.51. The minimum atomic E-state index is -0.953. The van der Waals surface area contributed by atoms with E-state index in [9.17, 15) is 5.11 Å². The molecule has 0 amide bonds. The molecule has 0 bridgehead atoms. The Balaban J connectivity index is 0.00000392. The number of halogens is 1. The van der Waals surface area contributed by atoms with Crippen LogP contribution >= 0.6 is 35.3 Å². The van der Waals surface area contributed by atoms with Crippen molar-refractivity contribution in [2.24, 2.45) is 4.99 Å². The quantitative estimate of drug-likeness (QED) is 0.194. The van der Waals surface area contributed by atoms with Gasteiger partial charge in [-0.15, -0.1) is 24.0 Å². The van der Waals surface area contributed by atoms with Crippen LogP contribution in [0.4, 0.5) is 0 Å². The van der Waals surface area contributed by atoms with Gasteiger partial charge < -0.3 is 25.2 Å². The fourth-order valence-electron chi connectivity index (χ4n) is 2.42. The number of methoxy groups -OCH3 is 1. The Morgan fingerprint density at radius 3 is 2.75 bits per heavy atom. The van der Waals surface area contributed by atoms with Crippen molar-refractivity contribution in [1.82, 2.24) is 10.6 Å². The van der Waals surface area contributed by atoms with Crippen molar-refractivity contribution in [3.63, 3.8) is 0 Å². The lowest BCUT2D eigenvalue weighted by atomic mass is 9.99. The smallest absolute Gasteiger partial charge is 0.191 e. The third-order valence-corrected chi connectivity index (χ3v) is 4.64. The van der Waals surface area contributed by atoms with Crippen molar-refractivity contribution in [1.29, 1.82) is 0 Å². The highest BCUT2D eigenvalue weighted by Gasteiger charge is 2.23. The normalized spacial score (nSPS) is 13.4. The molecule has 156 valence electrons. The zero-order chi connectivity index (χ0) is 19.5. The molecule has 2 rings (SSSR count). The monoisotopic (exact) mass is 519 g/mol. The van der Waals surface area contributed by atoms with E-state index < -0.39 is 5.60 Å². The molecule has 1 unspecified atom stereocenters. The predicted molar refractivity (Wildman–Crippen MR) is 126 cm³/mol. The summed E-state index contributed by atoms with van der Waals surface area (Å²) in [5.41, 5.74) is 0.995. The maximum atomic E-state index is 10.7. The molecule has 0 saturated carbocycles. The first-order valence-electron chi connectivity index (χ1n) is 9.03. The van der Waals surface area contributed by atoms with Crippen LogP contribution in [0.1, 0.15) is 25.0 Å². The maximum Gasteiger partial charge on any atom is 0.191 e. The summed E-state index contributed by atoms with van der Waals surface area (Å²) < 4.78 is 10.6. The number of ether oxygens (including phenoxy) is 2. The lowest BCUT2D eigenvalue weighted by Crippen LogP contribution is -2.44. The van der Waals surface area contributed by atoms with Crippen LogP contribution in [0.2, 0.25) is 0 Å². The van der Waals surface area contributed by atoms with Crippen molar-refractivity contribution in [3.05, 3.63) is 52.2 Å². The van der Waals surface area contributed by atoms with E-state index in [0.717, 1.165) is 23.4 Å². The Labute approximate surface area is 188 Å². The largest absolute Gasteiger partial charge is 0.491 e. The van der Waals surface area contributed by atoms with E-state index in [1.807, 2.05) is 48.0 Å². The Kier molecular flexibility index (Phi) is 11.4. The Morgan fingerprint density at radius 1 is 1.25 bits per heavy atom. The summed E-state index contributed by atoms with van der Waals surface area (Å²) in [6, 6.07) is 9.80. The fraction of sp³-hybridized carbons (Fsp3) is 0.450. The van der Waals surface area contributed by atoms with Gasteiger partial charge in [0.2, 0.25) is 0 Å². The van der Waals surface area contributed by atoms with Gasteiger partial charge in [0.25, 0.3) is 0 Å². The SMILES string of the molecule is CCNC(=NCc1cccc(OCCOC)c1)NCC(C)(O)c1ccsc1.I. The summed E-state index contributed by atoms with van der Waals surface area (Å²) in [5.74, 6) is 1.47. The molecule has 0 aliphatic carbocycles. The summed E-state index contributed by atoms with van der Waals surface area (Å²) in [7, 11) is 1.65. The Hall–Kier alpha value is -1.36. The first kappa shape index (κ1) is 24.7. The highest BCUT2D eigenvalue weighted by atomic mass is 127. The van der Waals surface area contributed by atoms with E-state index in [1.165, 1.54) is 0 Å². The van der Waals surface area contributed by atoms with E-state index in [2.05, 4.69) is 15.6 Å². The average molecular weight is 519 g/mol. The molecule has 6 nitrogen and oxygen atoms in total. The van der Waals surface area contributed by atoms with E-state index in [1.54, 1.807) is 25.4 Å². The van der Waals surface area contributed by atoms with E-state index >= 15 is 0 Å². The van der Waals surface area contributed by atoms with Crippen molar-refractivity contribution < 1.29 is 14.6 Å². The number of hydrogen-bond acceptors (Lipinski definition) is 5. The van der Waals surface area contributed by atoms with Crippen molar-refractivity contribution in [2.75, 3.05) is 33.4 Å². The second kappa shape index (κ2) is 13.0. The highest BCUT2D eigenvalue weighted by molar-refractivity contribution is 14.0. The van der Waals surface area contributed by atoms with Gasteiger partial charge in [0.1, 0.15) is 18.0 Å². The fourth-order valence-corrected chi connectivity index (χ4v) is 3.20. The first-order valence-corrected chi connectivity index (χ1v) is 9.97. The van der Waals surface area contributed by atoms with Crippen LogP contribution in [0.5, 0.6) is 5.75 Å². The van der Waals surface area contributed by atoms with Gasteiger partial charge >= 0.3 is 0 Å². The first-order chi connectivity index (χ1) is 13.0. The molecule has 1 atom stereocenters. The number of nitrogens with one attached hydrogen (secondary N) is 2. The van der Waals surface area contributed by atoms with Crippen LogP contribution in [0.3, 0.4) is 0 Å². The number of aliphatic hydroxyl groups is 1. The minimum Gasteiger partial charge on any atom is -0.491 e. The second-order valence-electron chi connectivity index (χ2n) is 6.32. The van der Waals surface area contributed by atoms with Gasteiger partial charge in [0.05, 0.1) is 19.7 Å². The Morgan fingerprint density at radius 2 is 2.07 bits per heavy atom. The number of guanidine groups is 1. The van der Waals surface area contributed by atoms with Crippen LogP contribution in [-0.2, 0) is 16.9 Å². The highest BCUT2D eigenvalue weighted by Crippen LogP contribution is 2.22. The average Bonchev–Trinajstić information content (AvgIpc) is 3.20. The molecule has 3 N–H and O–H groups in total. The van der Waals surface area contributed by atoms with Gasteiger partial charge in [-0.3, -0.25) is 0 Å². The van der Waals surface area contributed by atoms with Gasteiger partial charge in [-0.2, -0.15) is 11.3 Å². The summed E-state index contributed by atoms with van der Waals surface area (Å²) in [5, 5.41) is 21.0. The zero-order valence-electron chi connectivity index (χ0n) is 16.6. The van der Waals surface area contributed by atoms with Gasteiger partial charge in [0, 0.05) is 13.7 Å². The van der Waals surface area contributed by atoms with Gasteiger partial charge in [-0.05, 0) is 53.9 Å². The summed E-state index contributed by atoms with van der Waals surface area (Å²) in [6.07, 6.45) is 0. The number of benzene rings is 1. The molecule has 2 aromatic rings. The molecule has 0 fully saturated rings. The van der Waals surface area contributed by atoms with Gasteiger partial charge in [0.15, 0.2) is 5.96 Å². The van der Waals surface area contributed by atoms with Crippen LogP contribution in [0.25, 0.3) is 0 Å². The summed E-state index contributed by atoms with van der Waals surface area (Å²) >= 11 is 1.57. The van der Waals surface area contributed by atoms with E-state index in [0.29, 0.717) is 32.3 Å². The lowest BCUT2D eigenvalue weighted by Gasteiger charge is -2.24. The molecule has 0 aliphatic heterocycles. The molecule has 28 heavy (non-hydrogen) atoms. The van der Waals surface area contributed by atoms with Crippen molar-refractivity contribution >= 4 is 41.3 Å². The van der Waals surface area contributed by atoms with Crippen LogP contribution < -0.4 is 15.4 Å². The maximum absolute atomic E-state index is 10.7. The second-order valence-corrected chi connectivity index (χ2v) is 7.10.